The monoisotopic (exact) mass is 430 g/mol. The van der Waals surface area contributed by atoms with Crippen molar-refractivity contribution in [2.24, 2.45) is 34.8 Å². The van der Waals surface area contributed by atoms with Crippen LogP contribution in [0.4, 0.5) is 0 Å². The van der Waals surface area contributed by atoms with E-state index in [1.54, 1.807) is 27.7 Å². The fourth-order valence-corrected chi connectivity index (χ4v) is 2.33. The molecule has 0 fully saturated rings. The Balaban J connectivity index is 5.85. The molecule has 0 aromatic rings. The number of carbonyl (C=O) groups is 4. The zero-order chi connectivity index (χ0) is 23.4. The number of carbonyl (C=O) groups excluding carboxylic acids is 4. The third-order valence-electron chi connectivity index (χ3n) is 3.86. The van der Waals surface area contributed by atoms with E-state index in [0.717, 1.165) is 0 Å². The topological polar surface area (TPSA) is 220 Å². The van der Waals surface area contributed by atoms with Gasteiger partial charge in [-0.25, -0.2) is 0 Å². The Morgan fingerprint density at radius 2 is 0.667 bits per heavy atom. The fraction of sp³-hybridized carbons (Fsp3) is 0.778. The van der Waals surface area contributed by atoms with Crippen LogP contribution in [0.2, 0.25) is 0 Å². The number of amides is 4. The predicted octanol–water partition coefficient (Wildman–Crippen LogP) is -3.93. The highest BCUT2D eigenvalue weighted by atomic mass is 16.2. The van der Waals surface area contributed by atoms with E-state index in [9.17, 15) is 19.2 Å². The van der Waals surface area contributed by atoms with Crippen LogP contribution in [0.25, 0.3) is 0 Å². The minimum atomic E-state index is -1.64. The quantitative estimate of drug-likeness (QED) is 0.134. The second-order valence-electron chi connectivity index (χ2n) is 7.85. The molecule has 0 saturated heterocycles. The first-order chi connectivity index (χ1) is 13.9. The molecule has 0 saturated carbocycles. The first-order valence-corrected chi connectivity index (χ1v) is 9.99. The Labute approximate surface area is 177 Å². The smallest absolute Gasteiger partial charge is 0.234 e. The normalized spacial score (nSPS) is 16.9. The van der Waals surface area contributed by atoms with Crippen molar-refractivity contribution in [2.75, 3.05) is 26.2 Å². The van der Waals surface area contributed by atoms with Gasteiger partial charge in [0.1, 0.15) is 11.8 Å². The van der Waals surface area contributed by atoms with Crippen LogP contribution in [0.3, 0.4) is 0 Å². The largest absolute Gasteiger partial charge is 0.354 e. The highest BCUT2D eigenvalue weighted by Crippen LogP contribution is 2.15. The average Bonchev–Trinajstić information content (AvgIpc) is 2.64. The third kappa shape index (κ3) is 11.0. The van der Waals surface area contributed by atoms with Crippen molar-refractivity contribution in [3.63, 3.8) is 0 Å². The molecule has 2 unspecified atom stereocenters. The van der Waals surface area contributed by atoms with Gasteiger partial charge in [-0.15, -0.1) is 0 Å². The molecule has 0 aliphatic rings. The molecular formula is C18H38N8O4. The zero-order valence-electron chi connectivity index (χ0n) is 18.2. The summed E-state index contributed by atoms with van der Waals surface area (Å²) in [5.74, 6) is -6.47. The lowest BCUT2D eigenvalue weighted by molar-refractivity contribution is -0.149. The van der Waals surface area contributed by atoms with E-state index in [-0.39, 0.29) is 50.3 Å². The van der Waals surface area contributed by atoms with Crippen molar-refractivity contribution >= 4 is 23.6 Å². The molecule has 12 N–H and O–H groups in total. The molecule has 0 aliphatic heterocycles. The highest BCUT2D eigenvalue weighted by molar-refractivity contribution is 6.12. The van der Waals surface area contributed by atoms with Crippen molar-refractivity contribution in [3.8, 4) is 0 Å². The van der Waals surface area contributed by atoms with Gasteiger partial charge in [-0.2, -0.15) is 0 Å². The maximum Gasteiger partial charge on any atom is 0.234 e. The Kier molecular flexibility index (Phi) is 12.8. The summed E-state index contributed by atoms with van der Waals surface area (Å²) in [6.07, 6.45) is 0. The van der Waals surface area contributed by atoms with Gasteiger partial charge < -0.3 is 44.2 Å². The van der Waals surface area contributed by atoms with Crippen LogP contribution in [0.5, 0.6) is 0 Å². The van der Waals surface area contributed by atoms with Crippen molar-refractivity contribution in [3.05, 3.63) is 0 Å². The minimum absolute atomic E-state index is 0.0610. The van der Waals surface area contributed by atoms with Gasteiger partial charge >= 0.3 is 0 Å². The van der Waals surface area contributed by atoms with Crippen LogP contribution < -0.4 is 44.2 Å². The summed E-state index contributed by atoms with van der Waals surface area (Å²) in [7, 11) is 0. The van der Waals surface area contributed by atoms with E-state index in [0.29, 0.717) is 0 Å². The van der Waals surface area contributed by atoms with Crippen LogP contribution >= 0.6 is 0 Å². The molecule has 0 aromatic carbocycles. The molecular weight excluding hydrogens is 392 g/mol. The fourth-order valence-electron chi connectivity index (χ4n) is 2.33. The summed E-state index contributed by atoms with van der Waals surface area (Å²) in [4.78, 5) is 51.2. The SMILES string of the molecule is C[C@H](N)CNC(=O)C(C(=O)NC[C@@H](C)N)C(C(=O)NC[C@H](C)N)C(=O)NC[C@@H](C)N. The number of rotatable bonds is 13. The Hall–Kier alpha value is -2.28. The molecule has 0 aromatic heterocycles. The summed E-state index contributed by atoms with van der Waals surface area (Å²) in [6, 6.07) is -1.56. The number of nitrogens with two attached hydrogens (primary N) is 4. The van der Waals surface area contributed by atoms with Gasteiger partial charge in [0, 0.05) is 50.3 Å². The Morgan fingerprint density at radius 3 is 0.800 bits per heavy atom. The van der Waals surface area contributed by atoms with Gasteiger partial charge in [0.25, 0.3) is 0 Å². The van der Waals surface area contributed by atoms with Gasteiger partial charge in [-0.3, -0.25) is 19.2 Å². The van der Waals surface area contributed by atoms with Gasteiger partial charge in [0.15, 0.2) is 0 Å². The van der Waals surface area contributed by atoms with Crippen molar-refractivity contribution in [1.29, 1.82) is 0 Å². The summed E-state index contributed by atoms with van der Waals surface area (Å²) in [5.41, 5.74) is 22.6. The van der Waals surface area contributed by atoms with Crippen molar-refractivity contribution in [2.45, 2.75) is 51.9 Å². The molecule has 6 atom stereocenters. The second kappa shape index (κ2) is 13.9. The minimum Gasteiger partial charge on any atom is -0.354 e. The molecule has 0 rings (SSSR count). The van der Waals surface area contributed by atoms with E-state index in [1.807, 2.05) is 0 Å². The van der Waals surface area contributed by atoms with Gasteiger partial charge in [0.2, 0.25) is 23.6 Å². The third-order valence-corrected chi connectivity index (χ3v) is 3.86. The first-order valence-electron chi connectivity index (χ1n) is 9.99. The number of nitrogens with one attached hydrogen (secondary N) is 4. The second-order valence-corrected chi connectivity index (χ2v) is 7.85. The summed E-state index contributed by atoms with van der Waals surface area (Å²) < 4.78 is 0. The first kappa shape index (κ1) is 27.7. The van der Waals surface area contributed by atoms with Gasteiger partial charge in [-0.1, -0.05) is 0 Å². The molecule has 0 aliphatic carbocycles. The lowest BCUT2D eigenvalue weighted by Crippen LogP contribution is -2.57. The van der Waals surface area contributed by atoms with Gasteiger partial charge in [0.05, 0.1) is 0 Å². The van der Waals surface area contributed by atoms with Crippen LogP contribution in [-0.2, 0) is 19.2 Å². The Morgan fingerprint density at radius 1 is 0.500 bits per heavy atom. The van der Waals surface area contributed by atoms with E-state index < -0.39 is 35.5 Å². The number of hydrogen-bond donors (Lipinski definition) is 8. The van der Waals surface area contributed by atoms with E-state index in [2.05, 4.69) is 21.3 Å². The van der Waals surface area contributed by atoms with Gasteiger partial charge in [-0.05, 0) is 27.7 Å². The van der Waals surface area contributed by atoms with Crippen molar-refractivity contribution < 1.29 is 19.2 Å². The average molecular weight is 431 g/mol. The molecule has 12 nitrogen and oxygen atoms in total. The molecule has 4 amide bonds. The highest BCUT2D eigenvalue weighted by Gasteiger charge is 2.44. The maximum absolute atomic E-state index is 12.8. The predicted molar refractivity (Wildman–Crippen MR) is 114 cm³/mol. The van der Waals surface area contributed by atoms with Crippen LogP contribution in [0, 0.1) is 11.8 Å². The van der Waals surface area contributed by atoms with E-state index in [4.69, 9.17) is 22.9 Å². The maximum atomic E-state index is 12.8. The molecule has 0 radical (unpaired) electrons. The van der Waals surface area contributed by atoms with Crippen LogP contribution in [0.1, 0.15) is 27.7 Å². The molecule has 0 bridgehead atoms. The lowest BCUT2D eigenvalue weighted by Gasteiger charge is -2.26. The van der Waals surface area contributed by atoms with E-state index in [1.165, 1.54) is 0 Å². The molecule has 0 spiro atoms. The molecule has 30 heavy (non-hydrogen) atoms. The zero-order valence-corrected chi connectivity index (χ0v) is 18.2. The summed E-state index contributed by atoms with van der Waals surface area (Å²) in [6.45, 7) is 6.89. The van der Waals surface area contributed by atoms with Crippen molar-refractivity contribution in [1.82, 2.24) is 21.3 Å². The molecule has 174 valence electrons. The van der Waals surface area contributed by atoms with Crippen LogP contribution in [0.15, 0.2) is 0 Å². The summed E-state index contributed by atoms with van der Waals surface area (Å²) >= 11 is 0. The summed E-state index contributed by atoms with van der Waals surface area (Å²) in [5, 5.41) is 10.0. The number of hydrogen-bond acceptors (Lipinski definition) is 8. The van der Waals surface area contributed by atoms with Crippen LogP contribution in [-0.4, -0.2) is 74.0 Å². The molecule has 12 heteroatoms. The molecule has 0 heterocycles. The van der Waals surface area contributed by atoms with E-state index >= 15 is 0 Å². The standard InChI is InChI=1S/C18H38N8O4/c1-9(19)5-23-15(27)13(16(28)24-6-10(2)20)14(17(29)25-7-11(3)21)18(30)26-8-12(4)22/h9-14H,5-8,19-22H2,1-4H3,(H,23,27)(H,24,28)(H,25,29)(H,26,30)/t9-,10+,11-,12+,13?,14?. The Bertz CT molecular complexity index is 483. The lowest BCUT2D eigenvalue weighted by atomic mass is 9.88.